The van der Waals surface area contributed by atoms with E-state index in [1.807, 2.05) is 6.92 Å². The Morgan fingerprint density at radius 2 is 2.06 bits per heavy atom. The van der Waals surface area contributed by atoms with E-state index in [0.29, 0.717) is 23.0 Å². The smallest absolute Gasteiger partial charge is 0.335 e. The molecule has 1 aromatic rings. The molecule has 1 rings (SSSR count). The summed E-state index contributed by atoms with van der Waals surface area (Å²) in [5.41, 5.74) is 0.513. The maximum atomic E-state index is 12.0. The normalized spacial score (nSPS) is 11.5. The van der Waals surface area contributed by atoms with E-state index in [2.05, 4.69) is 20.7 Å². The summed E-state index contributed by atoms with van der Waals surface area (Å²) in [6.07, 6.45) is 0.661. The second-order valence-electron chi connectivity index (χ2n) is 3.81. The number of aromatic carboxylic acids is 1. The lowest BCUT2D eigenvalue weighted by Crippen LogP contribution is -2.25. The number of carboxylic acid groups (broad SMARTS) is 1. The fraction of sp³-hybridized carbons (Fsp3) is 0.364. The van der Waals surface area contributed by atoms with Crippen molar-refractivity contribution in [3.8, 4) is 0 Å². The number of carboxylic acids is 1. The molecule has 0 aliphatic carbocycles. The van der Waals surface area contributed by atoms with Crippen LogP contribution in [0.2, 0.25) is 0 Å². The molecular weight excluding hydrogens is 322 g/mol. The van der Waals surface area contributed by atoms with E-state index in [1.54, 1.807) is 6.92 Å². The highest BCUT2D eigenvalue weighted by Gasteiger charge is 2.20. The molecule has 0 aromatic heterocycles. The first kappa shape index (κ1) is 15.1. The zero-order valence-electron chi connectivity index (χ0n) is 10.0. The van der Waals surface area contributed by atoms with Gasteiger partial charge in [0.15, 0.2) is 0 Å². The van der Waals surface area contributed by atoms with E-state index >= 15 is 0 Å². The van der Waals surface area contributed by atoms with Crippen LogP contribution in [0, 0.1) is 6.92 Å². The van der Waals surface area contributed by atoms with Crippen molar-refractivity contribution >= 4 is 31.9 Å². The molecule has 5 nitrogen and oxygen atoms in total. The lowest BCUT2D eigenvalue weighted by molar-refractivity contribution is 0.0696. The summed E-state index contributed by atoms with van der Waals surface area (Å²) in [5.74, 6) is -1.16. The van der Waals surface area contributed by atoms with E-state index in [4.69, 9.17) is 5.11 Å². The van der Waals surface area contributed by atoms with E-state index in [0.717, 1.165) is 6.07 Å². The number of carbonyl (C=O) groups is 1. The SMILES string of the molecule is CCCNS(=O)(=O)c1cc(C(=O)O)cc(C)c1Br. The van der Waals surface area contributed by atoms with Crippen LogP contribution >= 0.6 is 15.9 Å². The Bertz CT molecular complexity index is 569. The molecular formula is C11H14BrNO4S. The molecule has 0 unspecified atom stereocenters. The van der Waals surface area contributed by atoms with Gasteiger partial charge in [-0.15, -0.1) is 0 Å². The average molecular weight is 336 g/mol. The second-order valence-corrected chi connectivity index (χ2v) is 6.34. The number of sulfonamides is 1. The lowest BCUT2D eigenvalue weighted by atomic mass is 10.1. The Kier molecular flexibility index (Phi) is 4.89. The van der Waals surface area contributed by atoms with Gasteiger partial charge in [-0.3, -0.25) is 0 Å². The highest BCUT2D eigenvalue weighted by atomic mass is 79.9. The van der Waals surface area contributed by atoms with Crippen LogP contribution in [0.5, 0.6) is 0 Å². The fourth-order valence-electron chi connectivity index (χ4n) is 1.37. The minimum absolute atomic E-state index is 0.0478. The number of rotatable bonds is 5. The molecule has 0 bridgehead atoms. The van der Waals surface area contributed by atoms with E-state index in [9.17, 15) is 13.2 Å². The van der Waals surface area contributed by atoms with Crippen LogP contribution < -0.4 is 4.72 Å². The lowest BCUT2D eigenvalue weighted by Gasteiger charge is -2.10. The van der Waals surface area contributed by atoms with Crippen molar-refractivity contribution in [1.82, 2.24) is 4.72 Å². The first-order valence-corrected chi connectivity index (χ1v) is 7.60. The van der Waals surface area contributed by atoms with Crippen molar-refractivity contribution in [2.75, 3.05) is 6.54 Å². The molecule has 0 aliphatic rings. The molecule has 0 amide bonds. The van der Waals surface area contributed by atoms with E-state index in [1.165, 1.54) is 6.07 Å². The Morgan fingerprint density at radius 3 is 2.56 bits per heavy atom. The van der Waals surface area contributed by atoms with Gasteiger partial charge in [0.25, 0.3) is 0 Å². The van der Waals surface area contributed by atoms with Crippen LogP contribution in [0.15, 0.2) is 21.5 Å². The quantitative estimate of drug-likeness (QED) is 0.863. The van der Waals surface area contributed by atoms with Crippen LogP contribution in [0.3, 0.4) is 0 Å². The van der Waals surface area contributed by atoms with Crippen molar-refractivity contribution in [1.29, 1.82) is 0 Å². The highest BCUT2D eigenvalue weighted by Crippen LogP contribution is 2.27. The van der Waals surface area contributed by atoms with Gasteiger partial charge in [-0.05, 0) is 47.0 Å². The predicted octanol–water partition coefficient (Wildman–Crippen LogP) is 2.14. The summed E-state index contributed by atoms with van der Waals surface area (Å²) in [7, 11) is -3.69. The van der Waals surface area contributed by atoms with Gasteiger partial charge in [0, 0.05) is 11.0 Å². The second kappa shape index (κ2) is 5.81. The molecule has 0 spiro atoms. The molecule has 0 saturated heterocycles. The number of hydrogen-bond acceptors (Lipinski definition) is 3. The molecule has 0 heterocycles. The molecule has 1 aromatic carbocycles. The number of nitrogens with one attached hydrogen (secondary N) is 1. The Hall–Kier alpha value is -0.920. The van der Waals surface area contributed by atoms with Gasteiger partial charge in [-0.1, -0.05) is 6.92 Å². The van der Waals surface area contributed by atoms with Gasteiger partial charge >= 0.3 is 5.97 Å². The number of halogens is 1. The standard InChI is InChI=1S/C11H14BrNO4S/c1-3-4-13-18(16,17)9-6-8(11(14)15)5-7(2)10(9)12/h5-6,13H,3-4H2,1-2H3,(H,14,15). The Balaban J connectivity index is 3.35. The highest BCUT2D eigenvalue weighted by molar-refractivity contribution is 9.10. The Morgan fingerprint density at radius 1 is 1.44 bits per heavy atom. The number of aryl methyl sites for hydroxylation is 1. The van der Waals surface area contributed by atoms with Crippen LogP contribution in [0.25, 0.3) is 0 Å². The largest absolute Gasteiger partial charge is 0.478 e. The molecule has 0 fully saturated rings. The van der Waals surface area contributed by atoms with Crippen LogP contribution in [-0.2, 0) is 10.0 Å². The molecule has 0 atom stereocenters. The molecule has 18 heavy (non-hydrogen) atoms. The van der Waals surface area contributed by atoms with Gasteiger partial charge in [0.1, 0.15) is 0 Å². The molecule has 0 aliphatic heterocycles. The third kappa shape index (κ3) is 3.30. The van der Waals surface area contributed by atoms with Crippen molar-refractivity contribution in [2.24, 2.45) is 0 Å². The molecule has 0 saturated carbocycles. The zero-order valence-corrected chi connectivity index (χ0v) is 12.4. The van der Waals surface area contributed by atoms with Gasteiger partial charge in [-0.2, -0.15) is 0 Å². The molecule has 0 radical (unpaired) electrons. The first-order chi connectivity index (χ1) is 8.29. The fourth-order valence-corrected chi connectivity index (χ4v) is 3.55. The number of benzene rings is 1. The predicted molar refractivity (Wildman–Crippen MR) is 71.3 cm³/mol. The summed E-state index contributed by atoms with van der Waals surface area (Å²) in [6.45, 7) is 3.80. The summed E-state index contributed by atoms with van der Waals surface area (Å²) in [4.78, 5) is 10.9. The number of hydrogen-bond donors (Lipinski definition) is 2. The maximum absolute atomic E-state index is 12.0. The summed E-state index contributed by atoms with van der Waals surface area (Å²) < 4.78 is 26.8. The van der Waals surface area contributed by atoms with Crippen LogP contribution in [-0.4, -0.2) is 26.0 Å². The molecule has 100 valence electrons. The van der Waals surface area contributed by atoms with Crippen molar-refractivity contribution < 1.29 is 18.3 Å². The van der Waals surface area contributed by atoms with E-state index in [-0.39, 0.29) is 10.5 Å². The Labute approximate surface area is 114 Å². The minimum atomic E-state index is -3.69. The van der Waals surface area contributed by atoms with Gasteiger partial charge < -0.3 is 5.11 Å². The molecule has 2 N–H and O–H groups in total. The summed E-state index contributed by atoms with van der Waals surface area (Å²) in [5, 5.41) is 8.94. The zero-order chi connectivity index (χ0) is 13.9. The monoisotopic (exact) mass is 335 g/mol. The minimum Gasteiger partial charge on any atom is -0.478 e. The van der Waals surface area contributed by atoms with Crippen LogP contribution in [0.4, 0.5) is 0 Å². The van der Waals surface area contributed by atoms with Gasteiger partial charge in [-0.25, -0.2) is 17.9 Å². The topological polar surface area (TPSA) is 83.5 Å². The van der Waals surface area contributed by atoms with Crippen molar-refractivity contribution in [2.45, 2.75) is 25.2 Å². The average Bonchev–Trinajstić information content (AvgIpc) is 2.29. The van der Waals surface area contributed by atoms with Crippen molar-refractivity contribution in [3.05, 3.63) is 27.7 Å². The van der Waals surface area contributed by atoms with Crippen molar-refractivity contribution in [3.63, 3.8) is 0 Å². The first-order valence-electron chi connectivity index (χ1n) is 5.32. The molecule has 7 heteroatoms. The third-order valence-corrected chi connectivity index (χ3v) is 5.10. The van der Waals surface area contributed by atoms with Crippen LogP contribution in [0.1, 0.15) is 29.3 Å². The van der Waals surface area contributed by atoms with E-state index < -0.39 is 16.0 Å². The van der Waals surface area contributed by atoms with Gasteiger partial charge in [0.2, 0.25) is 10.0 Å². The maximum Gasteiger partial charge on any atom is 0.335 e. The van der Waals surface area contributed by atoms with Gasteiger partial charge in [0.05, 0.1) is 10.5 Å². The third-order valence-electron chi connectivity index (χ3n) is 2.30. The summed E-state index contributed by atoms with van der Waals surface area (Å²) >= 11 is 3.18. The summed E-state index contributed by atoms with van der Waals surface area (Å²) in [6, 6.07) is 2.57.